The quantitative estimate of drug-likeness (QED) is 0.772. The third kappa shape index (κ3) is 3.20. The molecule has 1 heterocycles. The summed E-state index contributed by atoms with van der Waals surface area (Å²) in [6.07, 6.45) is 6.40. The standard InChI is InChI=1S/C21H37NO4/c1-13(14-9-10-15-17(23)8-7-11-21(14,15)4)12-16-18(19(24)25-6)20(2,3)26-22(16)5/h13-18,23H,7-12H2,1-6H3/t13-,14-,15?,16+,17+,18-,21-/m1/s1. The highest BCUT2D eigenvalue weighted by atomic mass is 16.7. The zero-order valence-electron chi connectivity index (χ0n) is 17.3. The van der Waals surface area contributed by atoms with Crippen molar-refractivity contribution >= 4 is 5.97 Å². The molecule has 0 bridgehead atoms. The van der Waals surface area contributed by atoms with Crippen molar-refractivity contribution < 1.29 is 19.5 Å². The molecule has 150 valence electrons. The molecule has 0 aromatic carbocycles. The number of hydrogen-bond acceptors (Lipinski definition) is 5. The molecule has 0 spiro atoms. The number of methoxy groups -OCH3 is 1. The Morgan fingerprint density at radius 3 is 2.65 bits per heavy atom. The first kappa shape index (κ1) is 20.1. The molecule has 3 rings (SSSR count). The smallest absolute Gasteiger partial charge is 0.313 e. The van der Waals surface area contributed by atoms with Crippen molar-refractivity contribution in [1.29, 1.82) is 0 Å². The van der Waals surface area contributed by atoms with E-state index in [0.29, 0.717) is 17.8 Å². The van der Waals surface area contributed by atoms with Crippen LogP contribution in [0.25, 0.3) is 0 Å². The lowest BCUT2D eigenvalue weighted by Gasteiger charge is -2.45. The van der Waals surface area contributed by atoms with Crippen LogP contribution in [0.3, 0.4) is 0 Å². The molecule has 26 heavy (non-hydrogen) atoms. The lowest BCUT2D eigenvalue weighted by molar-refractivity contribution is -0.183. The molecule has 5 heteroatoms. The van der Waals surface area contributed by atoms with Gasteiger partial charge in [-0.1, -0.05) is 20.3 Å². The van der Waals surface area contributed by atoms with Crippen LogP contribution in [-0.2, 0) is 14.4 Å². The van der Waals surface area contributed by atoms with E-state index in [9.17, 15) is 9.90 Å². The third-order valence-electron chi connectivity index (χ3n) is 7.90. The van der Waals surface area contributed by atoms with Gasteiger partial charge in [0.1, 0.15) is 5.92 Å². The zero-order valence-corrected chi connectivity index (χ0v) is 17.3. The van der Waals surface area contributed by atoms with E-state index in [2.05, 4.69) is 13.8 Å². The van der Waals surface area contributed by atoms with Crippen LogP contribution in [-0.4, -0.2) is 48.0 Å². The number of rotatable bonds is 4. The summed E-state index contributed by atoms with van der Waals surface area (Å²) >= 11 is 0. The average molecular weight is 368 g/mol. The molecule has 1 saturated heterocycles. The minimum Gasteiger partial charge on any atom is -0.469 e. The van der Waals surface area contributed by atoms with E-state index < -0.39 is 5.60 Å². The van der Waals surface area contributed by atoms with E-state index in [1.54, 1.807) is 0 Å². The Bertz CT molecular complexity index is 536. The van der Waals surface area contributed by atoms with Gasteiger partial charge in [-0.3, -0.25) is 9.63 Å². The van der Waals surface area contributed by atoms with E-state index in [4.69, 9.17) is 9.57 Å². The van der Waals surface area contributed by atoms with Crippen molar-refractivity contribution in [2.75, 3.05) is 14.2 Å². The number of fused-ring (bicyclic) bond motifs is 1. The van der Waals surface area contributed by atoms with E-state index in [0.717, 1.165) is 25.7 Å². The highest BCUT2D eigenvalue weighted by Crippen LogP contribution is 2.58. The molecule has 2 aliphatic carbocycles. The molecule has 3 fully saturated rings. The van der Waals surface area contributed by atoms with Crippen LogP contribution in [0.1, 0.15) is 66.2 Å². The van der Waals surface area contributed by atoms with Crippen LogP contribution in [0.4, 0.5) is 0 Å². The number of esters is 1. The van der Waals surface area contributed by atoms with E-state index >= 15 is 0 Å². The van der Waals surface area contributed by atoms with Crippen LogP contribution in [0, 0.1) is 29.1 Å². The molecular formula is C21H37NO4. The van der Waals surface area contributed by atoms with Crippen molar-refractivity contribution in [2.45, 2.75) is 84.0 Å². The van der Waals surface area contributed by atoms with Gasteiger partial charge in [0.25, 0.3) is 0 Å². The normalized spacial score (nSPS) is 43.9. The molecule has 3 aliphatic rings. The second-order valence-electron chi connectivity index (χ2n) is 9.78. The fourth-order valence-electron chi connectivity index (χ4n) is 6.69. The Hall–Kier alpha value is -0.650. The van der Waals surface area contributed by atoms with Gasteiger partial charge < -0.3 is 9.84 Å². The SMILES string of the molecule is COC(=O)[C@H]1[C@H](C[C@@H](C)[C@H]2CCC3[C@@H](O)CCC[C@@]32C)N(C)OC1(C)C. The number of ether oxygens (including phenoxy) is 1. The lowest BCUT2D eigenvalue weighted by Crippen LogP contribution is -2.44. The van der Waals surface area contributed by atoms with Gasteiger partial charge >= 0.3 is 5.97 Å². The van der Waals surface area contributed by atoms with Gasteiger partial charge in [0, 0.05) is 7.05 Å². The molecule has 0 amide bonds. The molecule has 1 N–H and O–H groups in total. The van der Waals surface area contributed by atoms with Crippen LogP contribution >= 0.6 is 0 Å². The minimum atomic E-state index is -0.546. The first-order valence-corrected chi connectivity index (χ1v) is 10.3. The molecule has 7 atom stereocenters. The highest BCUT2D eigenvalue weighted by molar-refractivity contribution is 5.75. The van der Waals surface area contributed by atoms with Gasteiger partial charge in [-0.15, -0.1) is 0 Å². The van der Waals surface area contributed by atoms with Gasteiger partial charge in [-0.05, 0) is 69.1 Å². The van der Waals surface area contributed by atoms with Crippen molar-refractivity contribution in [2.24, 2.45) is 29.1 Å². The number of hydroxylamine groups is 2. The molecule has 0 aromatic heterocycles. The summed E-state index contributed by atoms with van der Waals surface area (Å²) in [5, 5.41) is 12.4. The van der Waals surface area contributed by atoms with Gasteiger partial charge in [-0.2, -0.15) is 5.06 Å². The zero-order chi connectivity index (χ0) is 19.3. The van der Waals surface area contributed by atoms with Gasteiger partial charge in [-0.25, -0.2) is 0 Å². The summed E-state index contributed by atoms with van der Waals surface area (Å²) in [5.41, 5.74) is -0.319. The largest absolute Gasteiger partial charge is 0.469 e. The van der Waals surface area contributed by atoms with Gasteiger partial charge in [0.15, 0.2) is 0 Å². The van der Waals surface area contributed by atoms with Crippen LogP contribution in [0.15, 0.2) is 0 Å². The first-order valence-electron chi connectivity index (χ1n) is 10.3. The fraction of sp³-hybridized carbons (Fsp3) is 0.952. The van der Waals surface area contributed by atoms with Crippen LogP contribution in [0.2, 0.25) is 0 Å². The second-order valence-corrected chi connectivity index (χ2v) is 9.78. The van der Waals surface area contributed by atoms with Crippen LogP contribution < -0.4 is 0 Å². The number of aliphatic hydroxyl groups is 1. The summed E-state index contributed by atoms with van der Waals surface area (Å²) < 4.78 is 5.10. The van der Waals surface area contributed by atoms with Gasteiger partial charge in [0.2, 0.25) is 0 Å². The molecule has 5 nitrogen and oxygen atoms in total. The summed E-state index contributed by atoms with van der Waals surface area (Å²) in [5.74, 6) is 1.06. The average Bonchev–Trinajstić information content (AvgIpc) is 3.01. The molecular weight excluding hydrogens is 330 g/mol. The first-order chi connectivity index (χ1) is 12.1. The molecule has 1 unspecified atom stereocenters. The maximum atomic E-state index is 12.5. The Labute approximate surface area is 158 Å². The van der Waals surface area contributed by atoms with Crippen molar-refractivity contribution in [3.63, 3.8) is 0 Å². The molecule has 2 saturated carbocycles. The van der Waals surface area contributed by atoms with E-state index in [-0.39, 0.29) is 29.4 Å². The van der Waals surface area contributed by atoms with Crippen molar-refractivity contribution in [3.05, 3.63) is 0 Å². The fourth-order valence-corrected chi connectivity index (χ4v) is 6.69. The number of nitrogens with zero attached hydrogens (tertiary/aromatic N) is 1. The summed E-state index contributed by atoms with van der Waals surface area (Å²) in [7, 11) is 3.40. The van der Waals surface area contributed by atoms with Crippen molar-refractivity contribution in [3.8, 4) is 0 Å². The summed E-state index contributed by atoms with van der Waals surface area (Å²) in [6.45, 7) is 8.66. The highest BCUT2D eigenvalue weighted by Gasteiger charge is 2.55. The number of carbonyl (C=O) groups is 1. The van der Waals surface area contributed by atoms with E-state index in [1.807, 2.05) is 26.0 Å². The third-order valence-corrected chi connectivity index (χ3v) is 7.90. The summed E-state index contributed by atoms with van der Waals surface area (Å²) in [6, 6.07) is 0.0311. The maximum Gasteiger partial charge on any atom is 0.313 e. The number of aliphatic hydroxyl groups excluding tert-OH is 1. The molecule has 0 radical (unpaired) electrons. The Morgan fingerprint density at radius 1 is 1.31 bits per heavy atom. The monoisotopic (exact) mass is 367 g/mol. The van der Waals surface area contributed by atoms with Gasteiger partial charge in [0.05, 0.1) is 24.9 Å². The second kappa shape index (κ2) is 7.06. The topological polar surface area (TPSA) is 59.0 Å². The predicted molar refractivity (Wildman–Crippen MR) is 100 cm³/mol. The number of hydrogen-bond donors (Lipinski definition) is 1. The van der Waals surface area contributed by atoms with Crippen LogP contribution in [0.5, 0.6) is 0 Å². The van der Waals surface area contributed by atoms with Crippen molar-refractivity contribution in [1.82, 2.24) is 5.06 Å². The Kier molecular flexibility index (Phi) is 5.46. The molecule has 1 aliphatic heterocycles. The van der Waals surface area contributed by atoms with E-state index in [1.165, 1.54) is 20.0 Å². The summed E-state index contributed by atoms with van der Waals surface area (Å²) in [4.78, 5) is 18.5. The Morgan fingerprint density at radius 2 is 2.00 bits per heavy atom. The minimum absolute atomic E-state index is 0.0311. The molecule has 0 aromatic rings. The maximum absolute atomic E-state index is 12.5. The number of carbonyl (C=O) groups excluding carboxylic acids is 1. The lowest BCUT2D eigenvalue weighted by atomic mass is 9.61. The predicted octanol–water partition coefficient (Wildman–Crippen LogP) is 3.40. The Balaban J connectivity index is 1.76.